The van der Waals surface area contributed by atoms with E-state index in [1.54, 1.807) is 12.1 Å². The molecule has 3 heterocycles. The highest BCUT2D eigenvalue weighted by molar-refractivity contribution is 6.24. The summed E-state index contributed by atoms with van der Waals surface area (Å²) < 4.78 is 0. The summed E-state index contributed by atoms with van der Waals surface area (Å²) in [7, 11) is 0. The molecule has 1 aliphatic carbocycles. The fourth-order valence-electron chi connectivity index (χ4n) is 3.80. The van der Waals surface area contributed by atoms with Crippen molar-refractivity contribution in [2.75, 3.05) is 0 Å². The third-order valence-corrected chi connectivity index (χ3v) is 5.20. The molecule has 0 fully saturated rings. The van der Waals surface area contributed by atoms with Gasteiger partial charge in [0.05, 0.1) is 22.5 Å². The number of benzene rings is 1. The fraction of sp³-hybridized carbons (Fsp3) is 0.0435. The minimum Gasteiger partial charge on any atom is -0.364 e. The van der Waals surface area contributed by atoms with Crippen molar-refractivity contribution in [3.8, 4) is 11.4 Å². The lowest BCUT2D eigenvalue weighted by Crippen LogP contribution is -2.30. The zero-order valence-corrected chi connectivity index (χ0v) is 16.7. The molecule has 0 saturated carbocycles. The van der Waals surface area contributed by atoms with Gasteiger partial charge in [0.1, 0.15) is 17.1 Å². The number of para-hydroxylation sites is 1. The van der Waals surface area contributed by atoms with E-state index in [9.17, 15) is 19.2 Å². The zero-order chi connectivity index (χ0) is 22.6. The monoisotopic (exact) mass is 425 g/mol. The van der Waals surface area contributed by atoms with Crippen LogP contribution in [0.4, 0.5) is 0 Å². The van der Waals surface area contributed by atoms with Crippen LogP contribution in [0.5, 0.6) is 0 Å². The van der Waals surface area contributed by atoms with Crippen LogP contribution in [0.15, 0.2) is 54.2 Å². The van der Waals surface area contributed by atoms with Gasteiger partial charge in [0.25, 0.3) is 5.91 Å². The van der Waals surface area contributed by atoms with Crippen molar-refractivity contribution in [3.63, 3.8) is 0 Å². The van der Waals surface area contributed by atoms with E-state index in [0.29, 0.717) is 11.2 Å². The highest BCUT2D eigenvalue weighted by Gasteiger charge is 2.29. The Labute approximate surface area is 180 Å². The Morgan fingerprint density at radius 2 is 1.78 bits per heavy atom. The number of H-pyrrole nitrogens is 1. The predicted octanol–water partition coefficient (Wildman–Crippen LogP) is 2.28. The Morgan fingerprint density at radius 3 is 2.53 bits per heavy atom. The number of nitrogens with zero attached hydrogens (tertiary/aromatic N) is 2. The molecule has 4 N–H and O–H groups in total. The van der Waals surface area contributed by atoms with Crippen LogP contribution in [0.25, 0.3) is 33.2 Å². The fourth-order valence-corrected chi connectivity index (χ4v) is 3.80. The molecule has 9 nitrogen and oxygen atoms in total. The maximum absolute atomic E-state index is 12.9. The molecule has 1 aromatic carbocycles. The molecule has 0 unspecified atom stereocenters. The number of aromatic nitrogens is 3. The number of hydrogen-bond acceptors (Lipinski definition) is 6. The molecule has 0 bridgehead atoms. The predicted molar refractivity (Wildman–Crippen MR) is 116 cm³/mol. The molecule has 2 amide bonds. The number of Topliss-reactive ketones (excluding diaryl/α,β-unsaturated/α-hetero) is 1. The molecular formula is C23H15N5O4. The lowest BCUT2D eigenvalue weighted by Gasteiger charge is -2.15. The summed E-state index contributed by atoms with van der Waals surface area (Å²) in [4.78, 5) is 60.7. The molecule has 0 saturated heterocycles. The number of primary amides is 1. The lowest BCUT2D eigenvalue weighted by molar-refractivity contribution is -0.118. The Kier molecular flexibility index (Phi) is 4.19. The van der Waals surface area contributed by atoms with E-state index in [1.807, 2.05) is 24.3 Å². The number of fused-ring (bicyclic) bond motifs is 4. The Hall–Kier alpha value is -4.66. The van der Waals surface area contributed by atoms with Crippen LogP contribution < -0.4 is 11.1 Å². The summed E-state index contributed by atoms with van der Waals surface area (Å²) in [5, 5.41) is 3.95. The molecule has 1 aliphatic rings. The van der Waals surface area contributed by atoms with Gasteiger partial charge in [0, 0.05) is 29.3 Å². The van der Waals surface area contributed by atoms with Crippen molar-refractivity contribution in [1.82, 2.24) is 20.3 Å². The summed E-state index contributed by atoms with van der Waals surface area (Å²) in [5.74, 6) is -2.22. The first kappa shape index (κ1) is 19.3. The molecule has 156 valence electrons. The first-order valence-electron chi connectivity index (χ1n) is 9.64. The van der Waals surface area contributed by atoms with E-state index in [0.717, 1.165) is 22.4 Å². The number of carbonyl (C=O) groups excluding carboxylic acids is 4. The average Bonchev–Trinajstić information content (AvgIpc) is 3.14. The highest BCUT2D eigenvalue weighted by Crippen LogP contribution is 2.33. The summed E-state index contributed by atoms with van der Waals surface area (Å²) in [6.45, 7) is 1.24. The molecular weight excluding hydrogens is 410 g/mol. The van der Waals surface area contributed by atoms with Crippen molar-refractivity contribution >= 4 is 45.2 Å². The van der Waals surface area contributed by atoms with Gasteiger partial charge in [-0.05, 0) is 24.3 Å². The van der Waals surface area contributed by atoms with Crippen LogP contribution in [0, 0.1) is 0 Å². The molecule has 32 heavy (non-hydrogen) atoms. The van der Waals surface area contributed by atoms with Crippen LogP contribution >= 0.6 is 0 Å². The molecule has 5 rings (SSSR count). The molecule has 0 spiro atoms. The van der Waals surface area contributed by atoms with E-state index in [-0.39, 0.29) is 28.3 Å². The van der Waals surface area contributed by atoms with E-state index in [2.05, 4.69) is 20.3 Å². The number of hydrogen-bond donors (Lipinski definition) is 3. The van der Waals surface area contributed by atoms with Crippen molar-refractivity contribution in [2.45, 2.75) is 6.92 Å². The first-order valence-corrected chi connectivity index (χ1v) is 9.64. The van der Waals surface area contributed by atoms with Crippen LogP contribution in [0.3, 0.4) is 0 Å². The van der Waals surface area contributed by atoms with Crippen molar-refractivity contribution in [3.05, 3.63) is 71.2 Å². The van der Waals surface area contributed by atoms with Gasteiger partial charge in [-0.2, -0.15) is 0 Å². The minimum absolute atomic E-state index is 0.0398. The molecule has 4 aromatic rings. The maximum Gasteiger partial charge on any atom is 0.267 e. The average molecular weight is 425 g/mol. The Balaban J connectivity index is 1.75. The normalized spacial score (nSPS) is 13.2. The van der Waals surface area contributed by atoms with Gasteiger partial charge in [-0.25, -0.2) is 9.97 Å². The number of pyridine rings is 2. The minimum atomic E-state index is -0.710. The van der Waals surface area contributed by atoms with Gasteiger partial charge in [0.2, 0.25) is 11.7 Å². The van der Waals surface area contributed by atoms with Gasteiger partial charge < -0.3 is 16.0 Å². The second kappa shape index (κ2) is 6.95. The zero-order valence-electron chi connectivity index (χ0n) is 16.7. The third-order valence-electron chi connectivity index (χ3n) is 5.20. The number of nitrogens with one attached hydrogen (secondary N) is 2. The van der Waals surface area contributed by atoms with E-state index in [1.165, 1.54) is 13.0 Å². The standard InChI is InChI=1S/C23H15N5O4/c1-10(29)25-16-9-18(30)12-6-7-15(27-20(12)22(16)31)21-19-13(8-17(28-21)23(24)32)11-4-2-3-5-14(11)26-19/h2-9,26H,1H3,(H2,24,32)(H,25,29). The van der Waals surface area contributed by atoms with Crippen LogP contribution in [-0.4, -0.2) is 38.3 Å². The molecule has 0 atom stereocenters. The van der Waals surface area contributed by atoms with Crippen molar-refractivity contribution in [2.24, 2.45) is 5.73 Å². The van der Waals surface area contributed by atoms with Gasteiger partial charge in [-0.3, -0.25) is 19.2 Å². The Bertz CT molecular complexity index is 1550. The molecule has 3 aromatic heterocycles. The summed E-state index contributed by atoms with van der Waals surface area (Å²) >= 11 is 0. The molecule has 0 aliphatic heterocycles. The smallest absolute Gasteiger partial charge is 0.267 e. The van der Waals surface area contributed by atoms with Crippen molar-refractivity contribution < 1.29 is 19.2 Å². The van der Waals surface area contributed by atoms with E-state index < -0.39 is 23.4 Å². The second-order valence-electron chi connectivity index (χ2n) is 7.34. The Morgan fingerprint density at radius 1 is 1.00 bits per heavy atom. The van der Waals surface area contributed by atoms with Gasteiger partial charge in [0.15, 0.2) is 5.78 Å². The quantitative estimate of drug-likeness (QED) is 0.459. The number of rotatable bonds is 3. The number of allylic oxidation sites excluding steroid dienone is 2. The van der Waals surface area contributed by atoms with Gasteiger partial charge in [-0.15, -0.1) is 0 Å². The summed E-state index contributed by atoms with van der Waals surface area (Å²) in [6, 6.07) is 12.2. The van der Waals surface area contributed by atoms with Gasteiger partial charge >= 0.3 is 0 Å². The number of nitrogens with two attached hydrogens (primary N) is 1. The van der Waals surface area contributed by atoms with Gasteiger partial charge in [-0.1, -0.05) is 18.2 Å². The van der Waals surface area contributed by atoms with Crippen molar-refractivity contribution in [1.29, 1.82) is 0 Å². The SMILES string of the molecule is CC(=O)NC1=CC(=O)c2ccc(-c3nc(C(N)=O)cc4c3[nH]c3ccccc34)nc2C1=O. The molecule has 0 radical (unpaired) electrons. The highest BCUT2D eigenvalue weighted by atomic mass is 16.2. The summed E-state index contributed by atoms with van der Waals surface area (Å²) in [6.07, 6.45) is 1.08. The number of aromatic amines is 1. The van der Waals surface area contributed by atoms with E-state index >= 15 is 0 Å². The molecule has 9 heteroatoms. The van der Waals surface area contributed by atoms with Crippen LogP contribution in [0.2, 0.25) is 0 Å². The third kappa shape index (κ3) is 2.95. The first-order chi connectivity index (χ1) is 15.3. The number of carbonyl (C=O) groups is 4. The lowest BCUT2D eigenvalue weighted by atomic mass is 9.96. The second-order valence-corrected chi connectivity index (χ2v) is 7.34. The largest absolute Gasteiger partial charge is 0.364 e. The van der Waals surface area contributed by atoms with E-state index in [4.69, 9.17) is 5.73 Å². The maximum atomic E-state index is 12.9. The van der Waals surface area contributed by atoms with Crippen LogP contribution in [-0.2, 0) is 4.79 Å². The summed E-state index contributed by atoms with van der Waals surface area (Å²) in [5.41, 5.74) is 7.43. The topological polar surface area (TPSA) is 148 Å². The number of ketones is 2. The number of amides is 2. The van der Waals surface area contributed by atoms with Crippen LogP contribution in [0.1, 0.15) is 38.3 Å².